The van der Waals surface area contributed by atoms with E-state index < -0.39 is 0 Å². The van der Waals surface area contributed by atoms with Gasteiger partial charge in [0.2, 0.25) is 12.7 Å². The highest BCUT2D eigenvalue weighted by atomic mass is 32.1. The van der Waals surface area contributed by atoms with Gasteiger partial charge in [0.1, 0.15) is 25.3 Å². The Morgan fingerprint density at radius 1 is 1.19 bits per heavy atom. The van der Waals surface area contributed by atoms with Crippen molar-refractivity contribution in [3.8, 4) is 11.5 Å². The average molecular weight is 396 g/mol. The van der Waals surface area contributed by atoms with Gasteiger partial charge in [-0.05, 0) is 43.8 Å². The average Bonchev–Trinajstić information content (AvgIpc) is 3.10. The molecule has 4 N–H and O–H groups in total. The van der Waals surface area contributed by atoms with Gasteiger partial charge in [-0.3, -0.25) is 15.6 Å². The molecule has 0 aliphatic carbocycles. The van der Waals surface area contributed by atoms with E-state index in [1.807, 2.05) is 18.2 Å². The van der Waals surface area contributed by atoms with Crippen LogP contribution in [0.5, 0.6) is 11.5 Å². The van der Waals surface area contributed by atoms with Crippen LogP contribution in [0.25, 0.3) is 0 Å². The van der Waals surface area contributed by atoms with Crippen LogP contribution in [-0.4, -0.2) is 49.7 Å². The van der Waals surface area contributed by atoms with Gasteiger partial charge < -0.3 is 24.4 Å². The first kappa shape index (κ1) is 19.7. The van der Waals surface area contributed by atoms with Gasteiger partial charge in [-0.25, -0.2) is 0 Å². The molecule has 3 rings (SSSR count). The van der Waals surface area contributed by atoms with Crippen molar-refractivity contribution >= 4 is 23.2 Å². The monoisotopic (exact) mass is 395 g/mol. The lowest BCUT2D eigenvalue weighted by molar-refractivity contribution is -0.914. The van der Waals surface area contributed by atoms with Gasteiger partial charge in [0.15, 0.2) is 16.6 Å². The zero-order chi connectivity index (χ0) is 19.2. The van der Waals surface area contributed by atoms with Gasteiger partial charge in [-0.1, -0.05) is 6.07 Å². The molecule has 8 nitrogen and oxygen atoms in total. The summed E-state index contributed by atoms with van der Waals surface area (Å²) >= 11 is 5.20. The second kappa shape index (κ2) is 9.20. The van der Waals surface area contributed by atoms with Crippen LogP contribution in [0.4, 0.5) is 0 Å². The number of carbonyl (C=O) groups excluding carboxylic acids is 1. The van der Waals surface area contributed by atoms with Crippen LogP contribution in [0.15, 0.2) is 18.2 Å². The Bertz CT molecular complexity index is 677. The number of amides is 1. The Morgan fingerprint density at radius 2 is 1.93 bits per heavy atom. The molecule has 2 aliphatic rings. The van der Waals surface area contributed by atoms with E-state index in [1.165, 1.54) is 4.90 Å². The van der Waals surface area contributed by atoms with Gasteiger partial charge in [-0.15, -0.1) is 0 Å². The first-order valence-electron chi connectivity index (χ1n) is 9.20. The van der Waals surface area contributed by atoms with Gasteiger partial charge in [0.25, 0.3) is 0 Å². The molecule has 148 valence electrons. The molecule has 27 heavy (non-hydrogen) atoms. The van der Waals surface area contributed by atoms with Crippen molar-refractivity contribution in [1.82, 2.24) is 16.2 Å². The maximum absolute atomic E-state index is 12.0. The minimum atomic E-state index is -0.0819. The molecular formula is C18H27N4O4S+. The van der Waals surface area contributed by atoms with Crippen molar-refractivity contribution in [1.29, 1.82) is 0 Å². The van der Waals surface area contributed by atoms with E-state index in [4.69, 9.17) is 26.4 Å². The second-order valence-corrected chi connectivity index (χ2v) is 7.37. The molecule has 2 aliphatic heterocycles. The number of hydrogen-bond acceptors (Lipinski definition) is 5. The highest BCUT2D eigenvalue weighted by Gasteiger charge is 2.25. The predicted molar refractivity (Wildman–Crippen MR) is 103 cm³/mol. The van der Waals surface area contributed by atoms with Crippen molar-refractivity contribution in [3.63, 3.8) is 0 Å². The molecule has 2 heterocycles. The Kier molecular flexibility index (Phi) is 6.70. The highest BCUT2D eigenvalue weighted by molar-refractivity contribution is 7.80. The van der Waals surface area contributed by atoms with Crippen LogP contribution in [-0.2, 0) is 16.1 Å². The summed E-state index contributed by atoms with van der Waals surface area (Å²) in [6.45, 7) is 7.56. The lowest BCUT2D eigenvalue weighted by Crippen LogP contribution is -3.15. The van der Waals surface area contributed by atoms with E-state index in [9.17, 15) is 4.79 Å². The number of rotatable bonds is 5. The largest absolute Gasteiger partial charge is 0.454 e. The number of morpholine rings is 1. The van der Waals surface area contributed by atoms with Crippen LogP contribution in [0.3, 0.4) is 0 Å². The van der Waals surface area contributed by atoms with Gasteiger partial charge >= 0.3 is 0 Å². The van der Waals surface area contributed by atoms with Gasteiger partial charge in [0, 0.05) is 6.54 Å². The van der Waals surface area contributed by atoms with Crippen LogP contribution in [0, 0.1) is 0 Å². The Balaban J connectivity index is 1.32. The second-order valence-electron chi connectivity index (χ2n) is 6.96. The topological polar surface area (TPSA) is 85.3 Å². The summed E-state index contributed by atoms with van der Waals surface area (Å²) in [7, 11) is 0. The number of ether oxygens (including phenoxy) is 3. The lowest BCUT2D eigenvalue weighted by atomic mass is 10.2. The number of quaternary nitrogens is 1. The molecule has 1 aromatic rings. The van der Waals surface area contributed by atoms with E-state index in [1.54, 1.807) is 0 Å². The van der Waals surface area contributed by atoms with Crippen LogP contribution >= 0.6 is 12.2 Å². The number of fused-ring (bicyclic) bond motifs is 1. The fraction of sp³-hybridized carbons (Fsp3) is 0.556. The number of hydrazine groups is 1. The minimum Gasteiger partial charge on any atom is -0.454 e. The summed E-state index contributed by atoms with van der Waals surface area (Å²) in [6.07, 6.45) is 0.905. The van der Waals surface area contributed by atoms with E-state index in [-0.39, 0.29) is 24.9 Å². The molecule has 1 unspecified atom stereocenters. The van der Waals surface area contributed by atoms with Crippen LogP contribution < -0.4 is 30.5 Å². The quantitative estimate of drug-likeness (QED) is 0.395. The normalized spacial score (nSPS) is 23.6. The van der Waals surface area contributed by atoms with Gasteiger partial charge in [-0.2, -0.15) is 0 Å². The molecule has 0 radical (unpaired) electrons. The zero-order valence-electron chi connectivity index (χ0n) is 15.7. The predicted octanol–water partition coefficient (Wildman–Crippen LogP) is -0.507. The molecule has 0 aromatic heterocycles. The lowest BCUT2D eigenvalue weighted by Gasteiger charge is -2.32. The Labute approximate surface area is 164 Å². The SMILES string of the molecule is C[C@@H]1C[NH+](CCC(=O)NNC(=S)NCc2ccc3c(c2)OCO3)C[C@H](C)O1. The number of benzene rings is 1. The smallest absolute Gasteiger partial charge is 0.244 e. The molecule has 0 bridgehead atoms. The number of thiocarbonyl (C=S) groups is 1. The van der Waals surface area contributed by atoms with Crippen molar-refractivity contribution < 1.29 is 23.9 Å². The molecule has 1 aromatic carbocycles. The summed E-state index contributed by atoms with van der Waals surface area (Å²) in [4.78, 5) is 13.4. The third-order valence-corrected chi connectivity index (χ3v) is 4.77. The number of nitrogens with one attached hydrogen (secondary N) is 4. The fourth-order valence-corrected chi connectivity index (χ4v) is 3.47. The van der Waals surface area contributed by atoms with Crippen molar-refractivity contribution in [2.45, 2.75) is 39.0 Å². The standard InChI is InChI=1S/C18H26N4O4S/c1-12-9-22(10-13(2)26-12)6-5-17(23)20-21-18(27)19-8-14-3-4-15-16(7-14)25-11-24-15/h3-4,7,12-13H,5-6,8-11H2,1-2H3,(H,20,23)(H2,19,21,27)/p+1/t12-,13+. The van der Waals surface area contributed by atoms with Crippen LogP contribution in [0.1, 0.15) is 25.8 Å². The summed E-state index contributed by atoms with van der Waals surface area (Å²) < 4.78 is 16.4. The minimum absolute atomic E-state index is 0.0819. The van der Waals surface area contributed by atoms with E-state index in [2.05, 4.69) is 30.0 Å². The van der Waals surface area contributed by atoms with Gasteiger partial charge in [0.05, 0.1) is 13.0 Å². The molecule has 0 saturated carbocycles. The van der Waals surface area contributed by atoms with E-state index >= 15 is 0 Å². The zero-order valence-corrected chi connectivity index (χ0v) is 16.5. The molecule has 3 atom stereocenters. The molecule has 1 amide bonds. The number of hydrogen-bond donors (Lipinski definition) is 4. The first-order valence-corrected chi connectivity index (χ1v) is 9.60. The molecule has 9 heteroatoms. The summed E-state index contributed by atoms with van der Waals surface area (Å²) in [5.74, 6) is 1.40. The van der Waals surface area contributed by atoms with Crippen molar-refractivity contribution in [2.75, 3.05) is 26.4 Å². The summed E-state index contributed by atoms with van der Waals surface area (Å²) in [5, 5.41) is 3.41. The van der Waals surface area contributed by atoms with Crippen molar-refractivity contribution in [2.24, 2.45) is 0 Å². The van der Waals surface area contributed by atoms with E-state index in [0.29, 0.717) is 18.1 Å². The number of carbonyl (C=O) groups is 1. The summed E-state index contributed by atoms with van der Waals surface area (Å²) in [6, 6.07) is 5.71. The maximum Gasteiger partial charge on any atom is 0.244 e. The third kappa shape index (κ3) is 5.95. The maximum atomic E-state index is 12.0. The highest BCUT2D eigenvalue weighted by Crippen LogP contribution is 2.32. The fourth-order valence-electron chi connectivity index (χ4n) is 3.35. The molecule has 1 saturated heterocycles. The molecule has 0 spiro atoms. The first-order chi connectivity index (χ1) is 13.0. The molecule has 1 fully saturated rings. The van der Waals surface area contributed by atoms with E-state index in [0.717, 1.165) is 36.7 Å². The Morgan fingerprint density at radius 3 is 2.70 bits per heavy atom. The Hall–Kier alpha value is -2.10. The molecular weight excluding hydrogens is 368 g/mol. The third-order valence-electron chi connectivity index (χ3n) is 4.53. The summed E-state index contributed by atoms with van der Waals surface area (Å²) in [5.41, 5.74) is 6.39. The van der Waals surface area contributed by atoms with Crippen molar-refractivity contribution in [3.05, 3.63) is 23.8 Å². The van der Waals surface area contributed by atoms with Crippen LogP contribution in [0.2, 0.25) is 0 Å².